The summed E-state index contributed by atoms with van der Waals surface area (Å²) >= 11 is 1.66. The lowest BCUT2D eigenvalue weighted by Gasteiger charge is -2.32. The molecule has 4 nitrogen and oxygen atoms in total. The molecule has 20 heavy (non-hydrogen) atoms. The molecule has 3 rings (SSSR count). The highest BCUT2D eigenvalue weighted by atomic mass is 32.1. The summed E-state index contributed by atoms with van der Waals surface area (Å²) in [5, 5.41) is 2.05. The first-order valence-corrected chi connectivity index (χ1v) is 8.35. The van der Waals surface area contributed by atoms with Crippen molar-refractivity contribution in [3.63, 3.8) is 0 Å². The third kappa shape index (κ3) is 2.90. The number of fused-ring (bicyclic) bond motifs is 1. The second-order valence-electron chi connectivity index (χ2n) is 5.79. The standard InChI is InChI=1S/C15H23N3OS/c1-19-14(11-5-3-2-4-6-11)13(16)9-12-10-18-7-8-20-15(18)17-12/h7-8,10-11,13-14H,2-6,9,16H2,1H3. The molecule has 2 aromatic rings. The molecule has 0 spiro atoms. The van der Waals surface area contributed by atoms with Crippen LogP contribution < -0.4 is 5.73 Å². The molecule has 0 bridgehead atoms. The van der Waals surface area contributed by atoms with Crippen LogP contribution in [-0.2, 0) is 11.2 Å². The van der Waals surface area contributed by atoms with E-state index in [0.717, 1.165) is 17.1 Å². The molecule has 2 atom stereocenters. The van der Waals surface area contributed by atoms with E-state index in [0.29, 0.717) is 5.92 Å². The Bertz CT molecular complexity index is 516. The summed E-state index contributed by atoms with van der Waals surface area (Å²) in [6.07, 6.45) is 11.6. The molecule has 110 valence electrons. The van der Waals surface area contributed by atoms with Crippen LogP contribution in [0, 0.1) is 5.92 Å². The van der Waals surface area contributed by atoms with Gasteiger partial charge >= 0.3 is 0 Å². The number of nitrogens with two attached hydrogens (primary N) is 1. The van der Waals surface area contributed by atoms with Crippen LogP contribution in [0.1, 0.15) is 37.8 Å². The van der Waals surface area contributed by atoms with Crippen LogP contribution in [0.25, 0.3) is 4.96 Å². The minimum absolute atomic E-state index is 0.0349. The van der Waals surface area contributed by atoms with E-state index in [1.54, 1.807) is 18.4 Å². The molecule has 0 amide bonds. The van der Waals surface area contributed by atoms with Gasteiger partial charge in [0.25, 0.3) is 0 Å². The van der Waals surface area contributed by atoms with Crippen molar-refractivity contribution in [2.45, 2.75) is 50.7 Å². The van der Waals surface area contributed by atoms with E-state index in [9.17, 15) is 0 Å². The number of methoxy groups -OCH3 is 1. The third-order valence-electron chi connectivity index (χ3n) is 4.40. The first-order chi connectivity index (χ1) is 9.78. The highest BCUT2D eigenvalue weighted by molar-refractivity contribution is 7.15. The maximum absolute atomic E-state index is 6.41. The van der Waals surface area contributed by atoms with Crippen molar-refractivity contribution in [3.05, 3.63) is 23.5 Å². The molecule has 2 N–H and O–H groups in total. The summed E-state index contributed by atoms with van der Waals surface area (Å²) in [6.45, 7) is 0. The van der Waals surface area contributed by atoms with Crippen LogP contribution in [0.2, 0.25) is 0 Å². The van der Waals surface area contributed by atoms with Gasteiger partial charge in [0.15, 0.2) is 4.96 Å². The summed E-state index contributed by atoms with van der Waals surface area (Å²) < 4.78 is 7.79. The minimum atomic E-state index is 0.0349. The van der Waals surface area contributed by atoms with Gasteiger partial charge in [-0.2, -0.15) is 0 Å². The Kier molecular flexibility index (Phi) is 4.38. The fraction of sp³-hybridized carbons (Fsp3) is 0.667. The molecule has 0 radical (unpaired) electrons. The van der Waals surface area contributed by atoms with Gasteiger partial charge in [-0.15, -0.1) is 11.3 Å². The van der Waals surface area contributed by atoms with Crippen molar-refractivity contribution in [3.8, 4) is 0 Å². The quantitative estimate of drug-likeness (QED) is 0.922. The number of hydrogen-bond acceptors (Lipinski definition) is 4. The fourth-order valence-corrected chi connectivity index (χ4v) is 4.13. The monoisotopic (exact) mass is 293 g/mol. The second-order valence-corrected chi connectivity index (χ2v) is 6.66. The summed E-state index contributed by atoms with van der Waals surface area (Å²) in [5.41, 5.74) is 7.48. The van der Waals surface area contributed by atoms with Crippen LogP contribution in [0.4, 0.5) is 0 Å². The van der Waals surface area contributed by atoms with Gasteiger partial charge in [-0.05, 0) is 18.8 Å². The van der Waals surface area contributed by atoms with E-state index in [-0.39, 0.29) is 12.1 Å². The Morgan fingerprint density at radius 1 is 1.45 bits per heavy atom. The Hall–Kier alpha value is -0.910. The number of hydrogen-bond donors (Lipinski definition) is 1. The summed E-state index contributed by atoms with van der Waals surface area (Å²) in [7, 11) is 1.80. The van der Waals surface area contributed by atoms with Crippen LogP contribution in [-0.4, -0.2) is 28.6 Å². The van der Waals surface area contributed by atoms with Crippen molar-refractivity contribution >= 4 is 16.3 Å². The highest BCUT2D eigenvalue weighted by Crippen LogP contribution is 2.29. The van der Waals surface area contributed by atoms with Crippen LogP contribution >= 0.6 is 11.3 Å². The topological polar surface area (TPSA) is 52.5 Å². The van der Waals surface area contributed by atoms with Gasteiger partial charge in [0.05, 0.1) is 11.8 Å². The Labute approximate surface area is 124 Å². The highest BCUT2D eigenvalue weighted by Gasteiger charge is 2.29. The van der Waals surface area contributed by atoms with Gasteiger partial charge in [-0.25, -0.2) is 4.98 Å². The maximum Gasteiger partial charge on any atom is 0.193 e. The number of ether oxygens (including phenoxy) is 1. The Morgan fingerprint density at radius 3 is 2.95 bits per heavy atom. The van der Waals surface area contributed by atoms with Crippen LogP contribution in [0.15, 0.2) is 17.8 Å². The van der Waals surface area contributed by atoms with E-state index in [4.69, 9.17) is 10.5 Å². The average molecular weight is 293 g/mol. The lowest BCUT2D eigenvalue weighted by molar-refractivity contribution is 0.0177. The second kappa shape index (κ2) is 6.24. The van der Waals surface area contributed by atoms with Crippen molar-refractivity contribution in [2.24, 2.45) is 11.7 Å². The molecule has 0 aliphatic heterocycles. The number of rotatable bonds is 5. The van der Waals surface area contributed by atoms with E-state index >= 15 is 0 Å². The zero-order valence-corrected chi connectivity index (χ0v) is 12.8. The Morgan fingerprint density at radius 2 is 2.25 bits per heavy atom. The van der Waals surface area contributed by atoms with E-state index in [2.05, 4.69) is 15.6 Å². The molecule has 1 fully saturated rings. The number of aromatic nitrogens is 2. The van der Waals surface area contributed by atoms with Crippen molar-refractivity contribution < 1.29 is 4.74 Å². The molecular weight excluding hydrogens is 270 g/mol. The van der Waals surface area contributed by atoms with E-state index in [1.165, 1.54) is 32.1 Å². The molecule has 2 aromatic heterocycles. The van der Waals surface area contributed by atoms with Gasteiger partial charge in [0.1, 0.15) is 0 Å². The van der Waals surface area contributed by atoms with Gasteiger partial charge in [-0.1, -0.05) is 19.3 Å². The van der Waals surface area contributed by atoms with E-state index < -0.39 is 0 Å². The van der Waals surface area contributed by atoms with Crippen molar-refractivity contribution in [2.75, 3.05) is 7.11 Å². The number of nitrogens with zero attached hydrogens (tertiary/aromatic N) is 2. The molecule has 1 aliphatic carbocycles. The van der Waals surface area contributed by atoms with Gasteiger partial charge in [-0.3, -0.25) is 4.40 Å². The zero-order valence-electron chi connectivity index (χ0n) is 12.0. The first-order valence-electron chi connectivity index (χ1n) is 7.47. The van der Waals surface area contributed by atoms with Crippen molar-refractivity contribution in [1.82, 2.24) is 9.38 Å². The predicted molar refractivity (Wildman–Crippen MR) is 82.1 cm³/mol. The minimum Gasteiger partial charge on any atom is -0.380 e. The lowest BCUT2D eigenvalue weighted by atomic mass is 9.82. The van der Waals surface area contributed by atoms with Crippen LogP contribution in [0.3, 0.4) is 0 Å². The molecular formula is C15H23N3OS. The van der Waals surface area contributed by atoms with Gasteiger partial charge in [0.2, 0.25) is 0 Å². The van der Waals surface area contributed by atoms with Crippen molar-refractivity contribution in [1.29, 1.82) is 0 Å². The predicted octanol–water partition coefficient (Wildman–Crippen LogP) is 2.86. The molecule has 1 saturated carbocycles. The molecule has 0 saturated heterocycles. The smallest absolute Gasteiger partial charge is 0.193 e. The fourth-order valence-electron chi connectivity index (χ4n) is 3.41. The van der Waals surface area contributed by atoms with Gasteiger partial charge < -0.3 is 10.5 Å². The number of thiazole rings is 1. The lowest BCUT2D eigenvalue weighted by Crippen LogP contribution is -2.43. The van der Waals surface area contributed by atoms with E-state index in [1.807, 2.05) is 11.6 Å². The zero-order chi connectivity index (χ0) is 13.9. The van der Waals surface area contributed by atoms with Gasteiger partial charge in [0, 0.05) is 37.3 Å². The Balaban J connectivity index is 1.66. The normalized spacial score (nSPS) is 20.3. The molecule has 0 aromatic carbocycles. The number of imidazole rings is 1. The third-order valence-corrected chi connectivity index (χ3v) is 5.17. The molecule has 5 heteroatoms. The molecule has 2 heterocycles. The summed E-state index contributed by atoms with van der Waals surface area (Å²) in [5.74, 6) is 0.618. The molecule has 2 unspecified atom stereocenters. The first kappa shape index (κ1) is 14.0. The summed E-state index contributed by atoms with van der Waals surface area (Å²) in [6, 6.07) is 0.0349. The SMILES string of the molecule is COC(C(N)Cc1cn2ccsc2n1)C1CCCCC1. The van der Waals surface area contributed by atoms with Crippen LogP contribution in [0.5, 0.6) is 0 Å². The maximum atomic E-state index is 6.41. The largest absolute Gasteiger partial charge is 0.380 e. The average Bonchev–Trinajstić information content (AvgIpc) is 3.01. The molecule has 1 aliphatic rings. The summed E-state index contributed by atoms with van der Waals surface area (Å²) in [4.78, 5) is 5.66.